The number of nitrogens with zero attached hydrogens (tertiary/aromatic N) is 1. The van der Waals surface area contributed by atoms with Gasteiger partial charge in [-0.25, -0.2) is 4.79 Å². The summed E-state index contributed by atoms with van der Waals surface area (Å²) in [4.78, 5) is 49.8. The Bertz CT molecular complexity index is 577. The Balaban J connectivity index is 2.75. The van der Waals surface area contributed by atoms with Crippen molar-refractivity contribution in [3.63, 3.8) is 0 Å². The summed E-state index contributed by atoms with van der Waals surface area (Å²) in [6.45, 7) is 12.9. The molecule has 0 aromatic carbocycles. The van der Waals surface area contributed by atoms with Crippen molar-refractivity contribution in [3.8, 4) is 0 Å². The molecular formula is C19H33N3O5. The van der Waals surface area contributed by atoms with Crippen LogP contribution < -0.4 is 10.6 Å². The third kappa shape index (κ3) is 7.19. The van der Waals surface area contributed by atoms with E-state index in [0.29, 0.717) is 13.0 Å². The summed E-state index contributed by atoms with van der Waals surface area (Å²) in [6, 6.07) is -1.93. The third-order valence-electron chi connectivity index (χ3n) is 4.19. The van der Waals surface area contributed by atoms with Gasteiger partial charge in [-0.3, -0.25) is 9.59 Å². The van der Waals surface area contributed by atoms with Crippen molar-refractivity contribution in [1.82, 2.24) is 15.5 Å². The molecule has 8 nitrogen and oxygen atoms in total. The predicted molar refractivity (Wildman–Crippen MR) is 101 cm³/mol. The van der Waals surface area contributed by atoms with Crippen LogP contribution in [0.3, 0.4) is 0 Å². The molecule has 3 amide bonds. The maximum absolute atomic E-state index is 13.0. The summed E-state index contributed by atoms with van der Waals surface area (Å²) in [5.41, 5.74) is -1.21. The molecule has 1 aliphatic heterocycles. The first-order valence-corrected chi connectivity index (χ1v) is 9.26. The topological polar surface area (TPSA) is 105 Å². The highest BCUT2D eigenvalue weighted by atomic mass is 16.6. The fourth-order valence-corrected chi connectivity index (χ4v) is 2.99. The normalized spacial score (nSPS) is 21.4. The fourth-order valence-electron chi connectivity index (χ4n) is 2.99. The first-order valence-electron chi connectivity index (χ1n) is 9.26. The number of esters is 1. The van der Waals surface area contributed by atoms with Crippen LogP contribution in [0.15, 0.2) is 0 Å². The maximum atomic E-state index is 13.0. The molecule has 0 aromatic rings. The standard InChI is InChI=1S/C19H33N3O5/c1-12-8-13(11-23)22(10-12)16(25)15(18(2,3)4)21-17(26)20-9-14(24)27-19(5,6)7/h11-13,15H,8-10H2,1-7H3,(H2,20,21,26). The first-order chi connectivity index (χ1) is 12.2. The van der Waals surface area contributed by atoms with Gasteiger partial charge in [0.25, 0.3) is 0 Å². The molecule has 0 bridgehead atoms. The van der Waals surface area contributed by atoms with Gasteiger partial charge in [0.05, 0.1) is 6.04 Å². The highest BCUT2D eigenvalue weighted by Crippen LogP contribution is 2.27. The largest absolute Gasteiger partial charge is 0.459 e. The quantitative estimate of drug-likeness (QED) is 0.553. The molecule has 0 aliphatic carbocycles. The Labute approximate surface area is 161 Å². The molecule has 1 fully saturated rings. The number of hydrogen-bond acceptors (Lipinski definition) is 5. The van der Waals surface area contributed by atoms with Gasteiger partial charge < -0.3 is 25.1 Å². The van der Waals surface area contributed by atoms with E-state index in [1.54, 1.807) is 20.8 Å². The summed E-state index contributed by atoms with van der Waals surface area (Å²) in [7, 11) is 0. The Morgan fingerprint density at radius 1 is 1.19 bits per heavy atom. The van der Waals surface area contributed by atoms with Gasteiger partial charge in [0.15, 0.2) is 0 Å². The second kappa shape index (κ2) is 8.71. The van der Waals surface area contributed by atoms with Crippen LogP contribution in [0.1, 0.15) is 54.9 Å². The second-order valence-electron chi connectivity index (χ2n) is 9.25. The summed E-state index contributed by atoms with van der Waals surface area (Å²) in [5, 5.41) is 5.07. The lowest BCUT2D eigenvalue weighted by molar-refractivity contribution is -0.153. The highest BCUT2D eigenvalue weighted by molar-refractivity contribution is 5.90. The Morgan fingerprint density at radius 3 is 2.26 bits per heavy atom. The first kappa shape index (κ1) is 22.9. The van der Waals surface area contributed by atoms with Gasteiger partial charge in [-0.05, 0) is 38.5 Å². The van der Waals surface area contributed by atoms with E-state index in [1.807, 2.05) is 27.7 Å². The van der Waals surface area contributed by atoms with Crippen LogP contribution in [0, 0.1) is 11.3 Å². The molecule has 1 aliphatic rings. The Kier molecular flexibility index (Phi) is 7.40. The van der Waals surface area contributed by atoms with Crippen molar-refractivity contribution in [2.24, 2.45) is 11.3 Å². The van der Waals surface area contributed by atoms with E-state index >= 15 is 0 Å². The lowest BCUT2D eigenvalue weighted by Gasteiger charge is -2.34. The molecule has 8 heteroatoms. The molecule has 2 N–H and O–H groups in total. The van der Waals surface area contributed by atoms with E-state index in [4.69, 9.17) is 4.74 Å². The van der Waals surface area contributed by atoms with Crippen LogP contribution in [-0.4, -0.2) is 59.9 Å². The Morgan fingerprint density at radius 2 is 1.78 bits per heavy atom. The van der Waals surface area contributed by atoms with Crippen LogP contribution in [0.5, 0.6) is 0 Å². The molecule has 0 radical (unpaired) electrons. The molecule has 0 spiro atoms. The number of carbonyl (C=O) groups excluding carboxylic acids is 4. The van der Waals surface area contributed by atoms with E-state index in [-0.39, 0.29) is 18.4 Å². The minimum absolute atomic E-state index is 0.228. The fraction of sp³-hybridized carbons (Fsp3) is 0.789. The Hall–Kier alpha value is -2.12. The van der Waals surface area contributed by atoms with Gasteiger partial charge in [0.1, 0.15) is 24.5 Å². The summed E-state index contributed by atoms with van der Waals surface area (Å²) in [6.07, 6.45) is 1.40. The molecule has 27 heavy (non-hydrogen) atoms. The molecule has 1 heterocycles. The molecule has 154 valence electrons. The van der Waals surface area contributed by atoms with Gasteiger partial charge in [0, 0.05) is 6.54 Å². The third-order valence-corrected chi connectivity index (χ3v) is 4.19. The number of hydrogen-bond donors (Lipinski definition) is 2. The molecular weight excluding hydrogens is 350 g/mol. The number of likely N-dealkylation sites (tertiary alicyclic amines) is 1. The van der Waals surface area contributed by atoms with Crippen molar-refractivity contribution >= 4 is 24.2 Å². The number of nitrogens with one attached hydrogen (secondary N) is 2. The van der Waals surface area contributed by atoms with Crippen LogP contribution >= 0.6 is 0 Å². The van der Waals surface area contributed by atoms with Gasteiger partial charge in [-0.1, -0.05) is 27.7 Å². The van der Waals surface area contributed by atoms with Crippen molar-refractivity contribution in [2.75, 3.05) is 13.1 Å². The molecule has 3 unspecified atom stereocenters. The number of ether oxygens (including phenoxy) is 1. The lowest BCUT2D eigenvalue weighted by atomic mass is 9.85. The van der Waals surface area contributed by atoms with Crippen molar-refractivity contribution < 1.29 is 23.9 Å². The van der Waals surface area contributed by atoms with E-state index in [0.717, 1.165) is 6.29 Å². The molecule has 1 rings (SSSR count). The van der Waals surface area contributed by atoms with Crippen LogP contribution in [0.25, 0.3) is 0 Å². The minimum atomic E-state index is -0.830. The van der Waals surface area contributed by atoms with Gasteiger partial charge in [-0.2, -0.15) is 0 Å². The second-order valence-corrected chi connectivity index (χ2v) is 9.25. The van der Waals surface area contributed by atoms with Gasteiger partial charge >= 0.3 is 12.0 Å². The van der Waals surface area contributed by atoms with Crippen LogP contribution in [-0.2, 0) is 19.1 Å². The molecule has 1 saturated heterocycles. The number of rotatable bonds is 5. The zero-order valence-corrected chi connectivity index (χ0v) is 17.4. The van der Waals surface area contributed by atoms with Crippen molar-refractivity contribution in [3.05, 3.63) is 0 Å². The van der Waals surface area contributed by atoms with Crippen LogP contribution in [0.4, 0.5) is 4.79 Å². The van der Waals surface area contributed by atoms with E-state index in [1.165, 1.54) is 4.90 Å². The van der Waals surface area contributed by atoms with Gasteiger partial charge in [-0.15, -0.1) is 0 Å². The van der Waals surface area contributed by atoms with Crippen molar-refractivity contribution in [2.45, 2.75) is 72.6 Å². The molecule has 0 saturated carbocycles. The monoisotopic (exact) mass is 383 g/mol. The number of aldehydes is 1. The summed E-state index contributed by atoms with van der Waals surface area (Å²) >= 11 is 0. The molecule has 3 atom stereocenters. The number of urea groups is 1. The lowest BCUT2D eigenvalue weighted by Crippen LogP contribution is -2.58. The molecule has 0 aromatic heterocycles. The highest BCUT2D eigenvalue weighted by Gasteiger charge is 2.41. The van der Waals surface area contributed by atoms with E-state index in [2.05, 4.69) is 10.6 Å². The average Bonchev–Trinajstić information content (AvgIpc) is 2.88. The smallest absolute Gasteiger partial charge is 0.325 e. The zero-order valence-electron chi connectivity index (χ0n) is 17.4. The zero-order chi connectivity index (χ0) is 21.0. The predicted octanol–water partition coefficient (Wildman–Crippen LogP) is 1.48. The van der Waals surface area contributed by atoms with E-state index in [9.17, 15) is 19.2 Å². The van der Waals surface area contributed by atoms with Crippen LogP contribution in [0.2, 0.25) is 0 Å². The van der Waals surface area contributed by atoms with E-state index < -0.39 is 35.1 Å². The van der Waals surface area contributed by atoms with Gasteiger partial charge in [0.2, 0.25) is 5.91 Å². The summed E-state index contributed by atoms with van der Waals surface area (Å²) < 4.78 is 5.13. The maximum Gasteiger partial charge on any atom is 0.325 e. The van der Waals surface area contributed by atoms with Crippen molar-refractivity contribution in [1.29, 1.82) is 0 Å². The minimum Gasteiger partial charge on any atom is -0.459 e. The number of carbonyl (C=O) groups is 4. The number of amides is 3. The average molecular weight is 383 g/mol. The summed E-state index contributed by atoms with van der Waals surface area (Å²) in [5.74, 6) is -0.632. The SMILES string of the molecule is CC1CC(C=O)N(C(=O)C(NC(=O)NCC(=O)OC(C)(C)C)C(C)(C)C)C1.